The molecule has 0 amide bonds. The second-order valence-electron chi connectivity index (χ2n) is 5.62. The molecule has 2 rings (SSSR count). The molecule has 0 bridgehead atoms. The topological polar surface area (TPSA) is 56.5 Å². The molecule has 0 unspecified atom stereocenters. The van der Waals surface area contributed by atoms with Gasteiger partial charge in [0.15, 0.2) is 0 Å². The summed E-state index contributed by atoms with van der Waals surface area (Å²) in [6.45, 7) is 7.04. The van der Waals surface area contributed by atoms with Crippen molar-refractivity contribution in [2.75, 3.05) is 0 Å². The molecule has 0 N–H and O–H groups in total. The number of fused-ring (bicyclic) bond motifs is 1. The number of hydrogen-bond acceptors (Lipinski definition) is 4. The van der Waals surface area contributed by atoms with Gasteiger partial charge in [0.1, 0.15) is 22.6 Å². The summed E-state index contributed by atoms with van der Waals surface area (Å²) in [5, 5.41) is 0.391. The van der Waals surface area contributed by atoms with Crippen LogP contribution in [-0.2, 0) is 4.79 Å². The van der Waals surface area contributed by atoms with E-state index in [2.05, 4.69) is 0 Å². The van der Waals surface area contributed by atoms with Crippen molar-refractivity contribution in [2.45, 2.75) is 27.7 Å². The van der Waals surface area contributed by atoms with E-state index in [1.54, 1.807) is 39.8 Å². The first-order chi connectivity index (χ1) is 9.21. The molecule has 1 heterocycles. The molecule has 106 valence electrons. The van der Waals surface area contributed by atoms with Gasteiger partial charge in [0.05, 0.1) is 10.8 Å². The second kappa shape index (κ2) is 4.94. The lowest BCUT2D eigenvalue weighted by Crippen LogP contribution is -2.25. The van der Waals surface area contributed by atoms with E-state index in [0.29, 0.717) is 22.3 Å². The predicted molar refractivity (Wildman–Crippen MR) is 77.3 cm³/mol. The Bertz CT molecular complexity index is 738. The fourth-order valence-corrected chi connectivity index (χ4v) is 1.81. The summed E-state index contributed by atoms with van der Waals surface area (Å²) in [6.07, 6.45) is 1.19. The number of aryl methyl sites for hydroxylation is 1. The molecule has 0 aliphatic carbocycles. The number of rotatable bonds is 1. The van der Waals surface area contributed by atoms with Gasteiger partial charge < -0.3 is 9.15 Å². The highest BCUT2D eigenvalue weighted by atomic mass is 35.5. The van der Waals surface area contributed by atoms with Gasteiger partial charge in [0.2, 0.25) is 5.43 Å². The Labute approximate surface area is 121 Å². The number of ether oxygens (including phenoxy) is 1. The van der Waals surface area contributed by atoms with Gasteiger partial charge in [0, 0.05) is 5.56 Å². The molecule has 0 spiro atoms. The van der Waals surface area contributed by atoms with Crippen molar-refractivity contribution in [1.29, 1.82) is 0 Å². The highest BCUT2D eigenvalue weighted by Gasteiger charge is 2.25. The van der Waals surface area contributed by atoms with Crippen molar-refractivity contribution >= 4 is 28.5 Å². The van der Waals surface area contributed by atoms with Crippen LogP contribution in [0.5, 0.6) is 5.75 Å². The van der Waals surface area contributed by atoms with Crippen LogP contribution < -0.4 is 10.2 Å². The molecule has 1 aromatic heterocycles. The number of carbonyl (C=O) groups excluding carboxylic acids is 1. The maximum absolute atomic E-state index is 11.9. The van der Waals surface area contributed by atoms with Gasteiger partial charge in [-0.05, 0) is 39.8 Å². The van der Waals surface area contributed by atoms with Crippen molar-refractivity contribution in [2.24, 2.45) is 5.41 Å². The minimum atomic E-state index is -0.609. The van der Waals surface area contributed by atoms with E-state index >= 15 is 0 Å². The van der Waals surface area contributed by atoms with E-state index in [1.807, 2.05) is 0 Å². The maximum atomic E-state index is 11.9. The summed E-state index contributed by atoms with van der Waals surface area (Å²) in [5.41, 5.74) is 0.0552. The zero-order valence-corrected chi connectivity index (χ0v) is 12.5. The summed E-state index contributed by atoms with van der Waals surface area (Å²) in [5.74, 6) is 0.0270. The minimum Gasteiger partial charge on any atom is -0.462 e. The molecule has 20 heavy (non-hydrogen) atoms. The van der Waals surface area contributed by atoms with Crippen molar-refractivity contribution in [3.63, 3.8) is 0 Å². The van der Waals surface area contributed by atoms with Crippen LogP contribution >= 0.6 is 11.6 Å². The molecular weight excluding hydrogens is 280 g/mol. The van der Waals surface area contributed by atoms with E-state index in [0.717, 1.165) is 0 Å². The van der Waals surface area contributed by atoms with Gasteiger partial charge in [0.25, 0.3) is 0 Å². The van der Waals surface area contributed by atoms with Crippen LogP contribution in [0.15, 0.2) is 27.6 Å². The third-order valence-corrected chi connectivity index (χ3v) is 3.17. The summed E-state index contributed by atoms with van der Waals surface area (Å²) in [4.78, 5) is 23.8. The van der Waals surface area contributed by atoms with Gasteiger partial charge in [-0.25, -0.2) is 0 Å². The lowest BCUT2D eigenvalue weighted by atomic mass is 9.97. The monoisotopic (exact) mass is 294 g/mol. The average Bonchev–Trinajstić information content (AvgIpc) is 2.36. The standard InChI is InChI=1S/C15H15ClO4/c1-8-11(20-14(18)15(2,3)4)6-5-9-12(17)10(16)7-19-13(8)9/h5-7H,1-4H3. The van der Waals surface area contributed by atoms with Crippen LogP contribution in [0.4, 0.5) is 0 Å². The molecule has 5 heteroatoms. The number of benzene rings is 1. The third kappa shape index (κ3) is 2.56. The van der Waals surface area contributed by atoms with Crippen molar-refractivity contribution < 1.29 is 13.9 Å². The quantitative estimate of drug-likeness (QED) is 0.594. The molecule has 0 atom stereocenters. The first kappa shape index (κ1) is 14.6. The molecule has 0 fully saturated rings. The summed E-state index contributed by atoms with van der Waals surface area (Å²) in [6, 6.07) is 3.12. The van der Waals surface area contributed by atoms with Crippen LogP contribution in [0, 0.1) is 12.3 Å². The fraction of sp³-hybridized carbons (Fsp3) is 0.333. The average molecular weight is 295 g/mol. The first-order valence-electron chi connectivity index (χ1n) is 6.14. The van der Waals surface area contributed by atoms with E-state index in [1.165, 1.54) is 6.26 Å². The van der Waals surface area contributed by atoms with Gasteiger partial charge in [-0.15, -0.1) is 0 Å². The molecule has 2 aromatic rings. The van der Waals surface area contributed by atoms with Crippen molar-refractivity contribution in [1.82, 2.24) is 0 Å². The zero-order chi connectivity index (χ0) is 15.1. The normalized spacial score (nSPS) is 11.7. The molecule has 0 aliphatic heterocycles. The van der Waals surface area contributed by atoms with Gasteiger partial charge in [-0.1, -0.05) is 11.6 Å². The Morgan fingerprint density at radius 2 is 1.95 bits per heavy atom. The third-order valence-electron chi connectivity index (χ3n) is 2.91. The second-order valence-corrected chi connectivity index (χ2v) is 6.02. The molecular formula is C15H15ClO4. The Morgan fingerprint density at radius 3 is 2.55 bits per heavy atom. The molecule has 0 saturated heterocycles. The van der Waals surface area contributed by atoms with E-state index in [-0.39, 0.29) is 16.4 Å². The van der Waals surface area contributed by atoms with Crippen LogP contribution in [0.25, 0.3) is 11.0 Å². The molecule has 4 nitrogen and oxygen atoms in total. The summed E-state index contributed by atoms with van der Waals surface area (Å²) < 4.78 is 10.7. The maximum Gasteiger partial charge on any atom is 0.316 e. The van der Waals surface area contributed by atoms with Crippen LogP contribution in [0.2, 0.25) is 5.02 Å². The molecule has 0 radical (unpaired) electrons. The Morgan fingerprint density at radius 1 is 1.30 bits per heavy atom. The van der Waals surface area contributed by atoms with Crippen LogP contribution in [-0.4, -0.2) is 5.97 Å². The number of carbonyl (C=O) groups is 1. The number of halogens is 1. The largest absolute Gasteiger partial charge is 0.462 e. The molecule has 0 aliphatic rings. The van der Waals surface area contributed by atoms with Gasteiger partial charge in [-0.2, -0.15) is 0 Å². The highest BCUT2D eigenvalue weighted by molar-refractivity contribution is 6.30. The van der Waals surface area contributed by atoms with Gasteiger partial charge >= 0.3 is 5.97 Å². The lowest BCUT2D eigenvalue weighted by Gasteiger charge is -2.17. The van der Waals surface area contributed by atoms with E-state index < -0.39 is 5.41 Å². The van der Waals surface area contributed by atoms with Crippen molar-refractivity contribution in [3.8, 4) is 5.75 Å². The zero-order valence-electron chi connectivity index (χ0n) is 11.7. The lowest BCUT2D eigenvalue weighted by molar-refractivity contribution is -0.143. The smallest absolute Gasteiger partial charge is 0.316 e. The SMILES string of the molecule is Cc1c(OC(=O)C(C)(C)C)ccc2c(=O)c(Cl)coc12. The first-order valence-corrected chi connectivity index (χ1v) is 6.52. The van der Waals surface area contributed by atoms with Crippen molar-refractivity contribution in [3.05, 3.63) is 39.2 Å². The number of hydrogen-bond donors (Lipinski definition) is 0. The summed E-state index contributed by atoms with van der Waals surface area (Å²) >= 11 is 5.73. The summed E-state index contributed by atoms with van der Waals surface area (Å²) in [7, 11) is 0. The van der Waals surface area contributed by atoms with Crippen LogP contribution in [0.1, 0.15) is 26.3 Å². The molecule has 1 aromatic carbocycles. The number of esters is 1. The Kier molecular flexibility index (Phi) is 3.61. The predicted octanol–water partition coefficient (Wildman–Crippen LogP) is 3.71. The molecule has 0 saturated carbocycles. The Balaban J connectivity index is 2.54. The highest BCUT2D eigenvalue weighted by Crippen LogP contribution is 2.28. The van der Waals surface area contributed by atoms with E-state index in [4.69, 9.17) is 20.8 Å². The fourth-order valence-electron chi connectivity index (χ4n) is 1.66. The van der Waals surface area contributed by atoms with Crippen LogP contribution in [0.3, 0.4) is 0 Å². The van der Waals surface area contributed by atoms with E-state index in [9.17, 15) is 9.59 Å². The van der Waals surface area contributed by atoms with Gasteiger partial charge in [-0.3, -0.25) is 9.59 Å². The Hall–Kier alpha value is -1.81. The minimum absolute atomic E-state index is 0.0244.